The predicted octanol–water partition coefficient (Wildman–Crippen LogP) is 2.52. The first-order valence-electron chi connectivity index (χ1n) is 5.85. The van der Waals surface area contributed by atoms with Crippen molar-refractivity contribution in [3.05, 3.63) is 41.0 Å². The molecule has 0 fully saturated rings. The van der Waals surface area contributed by atoms with E-state index < -0.39 is 6.10 Å². The summed E-state index contributed by atoms with van der Waals surface area (Å²) >= 11 is 6.84. The summed E-state index contributed by atoms with van der Waals surface area (Å²) in [7, 11) is 0. The fourth-order valence-corrected chi connectivity index (χ4v) is 2.41. The van der Waals surface area contributed by atoms with Crippen LogP contribution in [0.25, 0.3) is 0 Å². The number of halogens is 1. The number of rotatable bonds is 6. The van der Waals surface area contributed by atoms with Gasteiger partial charge < -0.3 is 15.2 Å². The van der Waals surface area contributed by atoms with Gasteiger partial charge in [-0.25, -0.2) is 0 Å². The number of aromatic nitrogens is 1. The van der Waals surface area contributed by atoms with E-state index in [4.69, 9.17) is 21.6 Å². The first kappa shape index (κ1) is 14.6. The number of para-hydroxylation sites is 1. The van der Waals surface area contributed by atoms with Crippen molar-refractivity contribution >= 4 is 28.1 Å². The zero-order chi connectivity index (χ0) is 14.4. The molecule has 0 aliphatic carbocycles. The summed E-state index contributed by atoms with van der Waals surface area (Å²) in [6, 6.07) is 11.2. The highest BCUT2D eigenvalue weighted by Gasteiger charge is 2.13. The largest absolute Gasteiger partial charge is 0.491 e. The number of hydrogen-bond donors (Lipinski definition) is 2. The van der Waals surface area contributed by atoms with Crippen LogP contribution in [0.4, 0.5) is 5.00 Å². The van der Waals surface area contributed by atoms with Gasteiger partial charge in [0, 0.05) is 6.54 Å². The molecule has 104 valence electrons. The molecule has 0 aliphatic heterocycles. The second-order valence-corrected chi connectivity index (χ2v) is 5.08. The Morgan fingerprint density at radius 1 is 1.45 bits per heavy atom. The van der Waals surface area contributed by atoms with E-state index in [1.54, 1.807) is 0 Å². The summed E-state index contributed by atoms with van der Waals surface area (Å²) in [5, 5.41) is 22.4. The van der Waals surface area contributed by atoms with Gasteiger partial charge in [0.15, 0.2) is 5.15 Å². The predicted molar refractivity (Wildman–Crippen MR) is 78.3 cm³/mol. The third-order valence-electron chi connectivity index (χ3n) is 2.45. The van der Waals surface area contributed by atoms with Crippen molar-refractivity contribution in [1.82, 2.24) is 4.37 Å². The van der Waals surface area contributed by atoms with Crippen LogP contribution in [0.2, 0.25) is 5.15 Å². The van der Waals surface area contributed by atoms with Crippen LogP contribution < -0.4 is 10.1 Å². The lowest BCUT2D eigenvalue weighted by molar-refractivity contribution is 0.117. The van der Waals surface area contributed by atoms with Crippen molar-refractivity contribution in [2.24, 2.45) is 0 Å². The molecular weight excluding hydrogens is 298 g/mol. The van der Waals surface area contributed by atoms with E-state index in [0.717, 1.165) is 11.5 Å². The van der Waals surface area contributed by atoms with Gasteiger partial charge in [0.1, 0.15) is 35.1 Å². The molecule has 0 saturated carbocycles. The summed E-state index contributed by atoms with van der Waals surface area (Å²) in [5.41, 5.74) is 0.299. The van der Waals surface area contributed by atoms with Crippen molar-refractivity contribution in [3.8, 4) is 11.8 Å². The van der Waals surface area contributed by atoms with Crippen LogP contribution in [0.3, 0.4) is 0 Å². The van der Waals surface area contributed by atoms with Gasteiger partial charge in [-0.3, -0.25) is 0 Å². The third kappa shape index (κ3) is 3.84. The van der Waals surface area contributed by atoms with Crippen LogP contribution in [-0.4, -0.2) is 28.7 Å². The molecule has 1 aromatic heterocycles. The summed E-state index contributed by atoms with van der Waals surface area (Å²) in [5.74, 6) is 0.699. The zero-order valence-corrected chi connectivity index (χ0v) is 12.0. The number of nitrogens with zero attached hydrogens (tertiary/aromatic N) is 2. The number of benzene rings is 1. The number of aliphatic hydroxyl groups excluding tert-OH is 1. The first-order chi connectivity index (χ1) is 9.70. The molecule has 0 bridgehead atoms. The van der Waals surface area contributed by atoms with Gasteiger partial charge in [-0.05, 0) is 23.7 Å². The average molecular weight is 310 g/mol. The van der Waals surface area contributed by atoms with E-state index in [-0.39, 0.29) is 18.3 Å². The van der Waals surface area contributed by atoms with Gasteiger partial charge in [-0.15, -0.1) is 0 Å². The topological polar surface area (TPSA) is 78.2 Å². The van der Waals surface area contributed by atoms with Crippen molar-refractivity contribution in [3.63, 3.8) is 0 Å². The highest BCUT2D eigenvalue weighted by molar-refractivity contribution is 7.10. The highest BCUT2D eigenvalue weighted by atomic mass is 35.5. The minimum absolute atomic E-state index is 0.158. The van der Waals surface area contributed by atoms with Crippen LogP contribution in [0.1, 0.15) is 5.56 Å². The lowest BCUT2D eigenvalue weighted by Crippen LogP contribution is -2.26. The van der Waals surface area contributed by atoms with E-state index in [1.807, 2.05) is 36.4 Å². The molecule has 0 amide bonds. The van der Waals surface area contributed by atoms with Crippen LogP contribution in [0.15, 0.2) is 30.3 Å². The maximum atomic E-state index is 9.82. The normalized spacial score (nSPS) is 11.7. The van der Waals surface area contributed by atoms with Crippen LogP contribution >= 0.6 is 23.1 Å². The molecule has 2 N–H and O–H groups in total. The van der Waals surface area contributed by atoms with Gasteiger partial charge in [0.2, 0.25) is 0 Å². The number of aliphatic hydroxyl groups is 1. The Labute approximate surface area is 125 Å². The Kier molecular flexibility index (Phi) is 5.18. The molecular formula is C13H12ClN3O2S. The molecule has 1 aromatic carbocycles. The minimum atomic E-state index is -0.706. The molecule has 1 heterocycles. The Balaban J connectivity index is 1.81. The Hall–Kier alpha value is -1.81. The Morgan fingerprint density at radius 2 is 2.20 bits per heavy atom. The van der Waals surface area contributed by atoms with Gasteiger partial charge >= 0.3 is 0 Å². The van der Waals surface area contributed by atoms with E-state index in [0.29, 0.717) is 16.3 Å². The number of nitrogens with one attached hydrogen (secondary N) is 1. The summed E-state index contributed by atoms with van der Waals surface area (Å²) in [4.78, 5) is 0. The lowest BCUT2D eigenvalue weighted by Gasteiger charge is -2.13. The van der Waals surface area contributed by atoms with Crippen molar-refractivity contribution in [1.29, 1.82) is 5.26 Å². The molecule has 2 rings (SSSR count). The van der Waals surface area contributed by atoms with Crippen LogP contribution in [0.5, 0.6) is 5.75 Å². The molecule has 0 radical (unpaired) electrons. The second-order valence-electron chi connectivity index (χ2n) is 3.95. The van der Waals surface area contributed by atoms with E-state index >= 15 is 0 Å². The third-order valence-corrected chi connectivity index (χ3v) is 3.62. The SMILES string of the molecule is N#Cc1c(Cl)nsc1NCC(O)COc1ccccc1. The maximum Gasteiger partial charge on any atom is 0.162 e. The minimum Gasteiger partial charge on any atom is -0.491 e. The molecule has 7 heteroatoms. The van der Waals surface area contributed by atoms with Gasteiger partial charge in [0.25, 0.3) is 0 Å². The molecule has 0 spiro atoms. The van der Waals surface area contributed by atoms with E-state index in [9.17, 15) is 5.11 Å². The second kappa shape index (κ2) is 7.10. The highest BCUT2D eigenvalue weighted by Crippen LogP contribution is 2.27. The molecule has 0 saturated heterocycles. The first-order valence-corrected chi connectivity index (χ1v) is 7.01. The van der Waals surface area contributed by atoms with Gasteiger partial charge in [-0.1, -0.05) is 29.8 Å². The number of anilines is 1. The fourth-order valence-electron chi connectivity index (χ4n) is 1.47. The lowest BCUT2D eigenvalue weighted by atomic mass is 10.3. The van der Waals surface area contributed by atoms with Crippen molar-refractivity contribution < 1.29 is 9.84 Å². The quantitative estimate of drug-likeness (QED) is 0.857. The van der Waals surface area contributed by atoms with Crippen LogP contribution in [-0.2, 0) is 0 Å². The van der Waals surface area contributed by atoms with Gasteiger partial charge in [-0.2, -0.15) is 9.64 Å². The summed E-state index contributed by atoms with van der Waals surface area (Å²) in [6.45, 7) is 0.408. The van der Waals surface area contributed by atoms with Crippen LogP contribution in [0, 0.1) is 11.3 Å². The Bertz CT molecular complexity index is 597. The number of hydrogen-bond acceptors (Lipinski definition) is 6. The Morgan fingerprint density at radius 3 is 2.90 bits per heavy atom. The van der Waals surface area contributed by atoms with Crippen molar-refractivity contribution in [2.75, 3.05) is 18.5 Å². The zero-order valence-electron chi connectivity index (χ0n) is 10.4. The smallest absolute Gasteiger partial charge is 0.162 e. The standard InChI is InChI=1S/C13H12ClN3O2S/c14-12-11(6-15)13(20-17-12)16-7-9(18)8-19-10-4-2-1-3-5-10/h1-5,9,16,18H,7-8H2. The van der Waals surface area contributed by atoms with Gasteiger partial charge in [0.05, 0.1) is 0 Å². The number of ether oxygens (including phenoxy) is 1. The monoisotopic (exact) mass is 309 g/mol. The molecule has 0 aliphatic rings. The molecule has 20 heavy (non-hydrogen) atoms. The molecule has 1 atom stereocenters. The molecule has 5 nitrogen and oxygen atoms in total. The maximum absolute atomic E-state index is 9.82. The molecule has 2 aromatic rings. The summed E-state index contributed by atoms with van der Waals surface area (Å²) in [6.07, 6.45) is -0.706. The van der Waals surface area contributed by atoms with E-state index in [1.165, 1.54) is 0 Å². The average Bonchev–Trinajstić information content (AvgIpc) is 2.84. The van der Waals surface area contributed by atoms with E-state index in [2.05, 4.69) is 9.69 Å². The van der Waals surface area contributed by atoms with Crippen molar-refractivity contribution in [2.45, 2.75) is 6.10 Å². The summed E-state index contributed by atoms with van der Waals surface area (Å²) < 4.78 is 9.29. The number of nitriles is 1. The fraction of sp³-hybridized carbons (Fsp3) is 0.231. The molecule has 1 unspecified atom stereocenters.